The Morgan fingerprint density at radius 2 is 2.14 bits per heavy atom. The second kappa shape index (κ2) is 7.06. The third-order valence-electron chi connectivity index (χ3n) is 5.02. The highest BCUT2D eigenvalue weighted by Crippen LogP contribution is 2.28. The molecule has 29 heavy (non-hydrogen) atoms. The summed E-state index contributed by atoms with van der Waals surface area (Å²) in [6.45, 7) is 6.71. The van der Waals surface area contributed by atoms with Crippen molar-refractivity contribution in [2.24, 2.45) is 7.05 Å². The molecular formula is C20H26N6O3. The molecule has 4 heterocycles. The molecule has 9 nitrogen and oxygen atoms in total. The van der Waals surface area contributed by atoms with E-state index in [0.717, 1.165) is 24.0 Å². The van der Waals surface area contributed by atoms with Crippen LogP contribution in [0, 0.1) is 0 Å². The summed E-state index contributed by atoms with van der Waals surface area (Å²) in [5, 5.41) is 7.17. The van der Waals surface area contributed by atoms with Crippen LogP contribution >= 0.6 is 0 Å². The lowest BCUT2D eigenvalue weighted by atomic mass is 9.94. The van der Waals surface area contributed by atoms with Gasteiger partial charge in [0.1, 0.15) is 5.60 Å². The van der Waals surface area contributed by atoms with Gasteiger partial charge in [0.2, 0.25) is 0 Å². The van der Waals surface area contributed by atoms with Crippen LogP contribution in [-0.2, 0) is 11.8 Å². The van der Waals surface area contributed by atoms with Gasteiger partial charge < -0.3 is 9.64 Å². The van der Waals surface area contributed by atoms with Crippen molar-refractivity contribution in [1.82, 2.24) is 29.3 Å². The highest BCUT2D eigenvalue weighted by Gasteiger charge is 2.29. The molecule has 0 spiro atoms. The van der Waals surface area contributed by atoms with E-state index < -0.39 is 5.60 Å². The van der Waals surface area contributed by atoms with Gasteiger partial charge >= 0.3 is 6.09 Å². The molecule has 1 aliphatic heterocycles. The summed E-state index contributed by atoms with van der Waals surface area (Å²) >= 11 is 0. The zero-order chi connectivity index (χ0) is 20.8. The van der Waals surface area contributed by atoms with Crippen molar-refractivity contribution in [2.75, 3.05) is 13.1 Å². The maximum absolute atomic E-state index is 12.7. The van der Waals surface area contributed by atoms with Gasteiger partial charge in [0, 0.05) is 55.6 Å². The predicted octanol–water partition coefficient (Wildman–Crippen LogP) is 2.54. The predicted molar refractivity (Wildman–Crippen MR) is 108 cm³/mol. The van der Waals surface area contributed by atoms with E-state index in [1.165, 1.54) is 4.52 Å². The lowest BCUT2D eigenvalue weighted by molar-refractivity contribution is 0.0197. The Morgan fingerprint density at radius 1 is 1.34 bits per heavy atom. The number of aryl methyl sites for hydroxylation is 1. The molecule has 1 atom stereocenters. The van der Waals surface area contributed by atoms with E-state index in [4.69, 9.17) is 9.72 Å². The topological polar surface area (TPSA) is 97.5 Å². The molecule has 3 aromatic heterocycles. The molecule has 0 aromatic carbocycles. The van der Waals surface area contributed by atoms with Crippen LogP contribution in [0.3, 0.4) is 0 Å². The van der Waals surface area contributed by atoms with E-state index in [0.29, 0.717) is 24.4 Å². The first-order valence-corrected chi connectivity index (χ1v) is 9.79. The number of rotatable bonds is 2. The fourth-order valence-corrected chi connectivity index (χ4v) is 3.69. The number of amides is 1. The number of nitrogens with zero attached hydrogens (tertiary/aromatic N) is 5. The molecule has 1 saturated heterocycles. The summed E-state index contributed by atoms with van der Waals surface area (Å²) in [5.74, 6) is -0.00869. The average molecular weight is 398 g/mol. The normalized spacial score (nSPS) is 17.7. The monoisotopic (exact) mass is 398 g/mol. The minimum absolute atomic E-state index is 0.00869. The van der Waals surface area contributed by atoms with Crippen LogP contribution in [0.1, 0.15) is 45.2 Å². The van der Waals surface area contributed by atoms with Crippen molar-refractivity contribution in [1.29, 1.82) is 0 Å². The maximum atomic E-state index is 12.7. The summed E-state index contributed by atoms with van der Waals surface area (Å²) in [5.41, 5.74) is 2.26. The number of carbonyl (C=O) groups excluding carboxylic acids is 1. The summed E-state index contributed by atoms with van der Waals surface area (Å²) < 4.78 is 8.65. The second-order valence-electron chi connectivity index (χ2n) is 8.53. The average Bonchev–Trinajstić information content (AvgIpc) is 3.26. The van der Waals surface area contributed by atoms with Gasteiger partial charge in [-0.05, 0) is 33.6 Å². The fraction of sp³-hybridized carbons (Fsp3) is 0.500. The molecule has 1 aliphatic rings. The number of carbonyl (C=O) groups is 1. The number of fused-ring (bicyclic) bond motifs is 1. The van der Waals surface area contributed by atoms with Crippen LogP contribution in [0.25, 0.3) is 16.8 Å². The molecule has 154 valence electrons. The van der Waals surface area contributed by atoms with E-state index >= 15 is 0 Å². The van der Waals surface area contributed by atoms with Crippen molar-refractivity contribution in [3.05, 3.63) is 40.7 Å². The van der Waals surface area contributed by atoms with Gasteiger partial charge in [-0.3, -0.25) is 14.6 Å². The summed E-state index contributed by atoms with van der Waals surface area (Å²) in [7, 11) is 1.84. The number of piperidine rings is 1. The smallest absolute Gasteiger partial charge is 0.410 e. The van der Waals surface area contributed by atoms with Gasteiger partial charge in [-0.15, -0.1) is 0 Å². The van der Waals surface area contributed by atoms with E-state index in [2.05, 4.69) is 10.2 Å². The van der Waals surface area contributed by atoms with E-state index in [1.807, 2.05) is 34.0 Å². The molecule has 1 N–H and O–H groups in total. The molecular weight excluding hydrogens is 372 g/mol. The van der Waals surface area contributed by atoms with Gasteiger partial charge in [-0.25, -0.2) is 14.3 Å². The molecule has 1 unspecified atom stereocenters. The number of H-pyrrole nitrogens is 1. The van der Waals surface area contributed by atoms with Crippen molar-refractivity contribution < 1.29 is 9.53 Å². The van der Waals surface area contributed by atoms with Gasteiger partial charge in [0.25, 0.3) is 5.56 Å². The van der Waals surface area contributed by atoms with Gasteiger partial charge in [-0.2, -0.15) is 5.10 Å². The Hall–Kier alpha value is -3.10. The first kappa shape index (κ1) is 19.2. The molecule has 1 fully saturated rings. The van der Waals surface area contributed by atoms with Crippen LogP contribution in [0.5, 0.6) is 0 Å². The molecule has 4 rings (SSSR count). The number of ether oxygens (including phenoxy) is 1. The Kier molecular flexibility index (Phi) is 4.68. The molecule has 0 bridgehead atoms. The van der Waals surface area contributed by atoms with Gasteiger partial charge in [-0.1, -0.05) is 0 Å². The van der Waals surface area contributed by atoms with E-state index in [1.54, 1.807) is 28.0 Å². The van der Waals surface area contributed by atoms with Crippen LogP contribution < -0.4 is 5.56 Å². The number of hydrogen-bond acceptors (Lipinski definition) is 5. The highest BCUT2D eigenvalue weighted by atomic mass is 16.6. The number of likely N-dealkylation sites (tertiary alicyclic amines) is 1. The lowest BCUT2D eigenvalue weighted by Gasteiger charge is -2.33. The Morgan fingerprint density at radius 3 is 2.83 bits per heavy atom. The quantitative estimate of drug-likeness (QED) is 0.715. The standard InChI is InChI=1S/C20H26N6O3/c1-20(2,3)29-19(28)25-7-5-6-13(12-25)16-8-17(27)26-18(23-16)15(10-22-26)14-9-21-24(4)11-14/h8-11,13,22H,5-7,12H2,1-4H3. The molecule has 1 amide bonds. The molecule has 0 saturated carbocycles. The van der Waals surface area contributed by atoms with Gasteiger partial charge in [0.05, 0.1) is 11.9 Å². The third-order valence-corrected chi connectivity index (χ3v) is 5.02. The summed E-state index contributed by atoms with van der Waals surface area (Å²) in [6, 6.07) is 1.56. The van der Waals surface area contributed by atoms with Crippen LogP contribution in [0.15, 0.2) is 29.5 Å². The molecule has 9 heteroatoms. The number of hydrogen-bond donors (Lipinski definition) is 1. The SMILES string of the molecule is Cn1cc(-c2c[nH]n3c(=O)cc(C4CCCN(C(=O)OC(C)(C)C)C4)nc23)cn1. The summed E-state index contributed by atoms with van der Waals surface area (Å²) in [4.78, 5) is 31.6. The Bertz CT molecular complexity index is 1100. The fourth-order valence-electron chi connectivity index (χ4n) is 3.69. The first-order valence-electron chi connectivity index (χ1n) is 9.79. The van der Waals surface area contributed by atoms with Crippen LogP contribution in [-0.4, -0.2) is 54.1 Å². The Balaban J connectivity index is 1.65. The zero-order valence-electron chi connectivity index (χ0n) is 17.2. The van der Waals surface area contributed by atoms with Crippen molar-refractivity contribution in [2.45, 2.75) is 45.1 Å². The van der Waals surface area contributed by atoms with Crippen LogP contribution in [0.2, 0.25) is 0 Å². The zero-order valence-corrected chi connectivity index (χ0v) is 17.2. The molecule has 0 radical (unpaired) electrons. The largest absolute Gasteiger partial charge is 0.444 e. The maximum Gasteiger partial charge on any atom is 0.410 e. The van der Waals surface area contributed by atoms with Gasteiger partial charge in [0.15, 0.2) is 5.65 Å². The first-order chi connectivity index (χ1) is 13.7. The van der Waals surface area contributed by atoms with E-state index in [-0.39, 0.29) is 17.6 Å². The highest BCUT2D eigenvalue weighted by molar-refractivity contribution is 5.76. The van der Waals surface area contributed by atoms with Crippen LogP contribution in [0.4, 0.5) is 4.79 Å². The third kappa shape index (κ3) is 3.90. The molecule has 3 aromatic rings. The lowest BCUT2D eigenvalue weighted by Crippen LogP contribution is -2.42. The van der Waals surface area contributed by atoms with Crippen molar-refractivity contribution in [3.63, 3.8) is 0 Å². The number of nitrogens with one attached hydrogen (secondary N) is 1. The number of aromatic nitrogens is 5. The minimum atomic E-state index is -0.538. The Labute approximate surface area is 168 Å². The summed E-state index contributed by atoms with van der Waals surface area (Å²) in [6.07, 6.45) is 6.78. The number of aromatic amines is 1. The minimum Gasteiger partial charge on any atom is -0.444 e. The second-order valence-corrected chi connectivity index (χ2v) is 8.53. The van der Waals surface area contributed by atoms with Crippen molar-refractivity contribution in [3.8, 4) is 11.1 Å². The molecule has 0 aliphatic carbocycles. The van der Waals surface area contributed by atoms with E-state index in [9.17, 15) is 9.59 Å². The van der Waals surface area contributed by atoms with Crippen molar-refractivity contribution >= 4 is 11.7 Å².